The molecule has 0 saturated heterocycles. The van der Waals surface area contributed by atoms with Crippen molar-refractivity contribution in [3.8, 4) is 5.75 Å². The molecular weight excluding hydrogens is 321 g/mol. The predicted octanol–water partition coefficient (Wildman–Crippen LogP) is 3.56. The third kappa shape index (κ3) is 4.12. The van der Waals surface area contributed by atoms with Crippen LogP contribution in [-0.4, -0.2) is 27.6 Å². The van der Waals surface area contributed by atoms with Crippen LogP contribution in [0.15, 0.2) is 18.2 Å². The number of aliphatic hydroxyl groups excluding tert-OH is 1. The summed E-state index contributed by atoms with van der Waals surface area (Å²) in [5, 5.41) is 16.8. The average molecular weight is 347 g/mol. The number of rotatable bonds is 7. The monoisotopic (exact) mass is 347 g/mol. The van der Waals surface area contributed by atoms with E-state index in [1.807, 2.05) is 19.9 Å². The maximum absolute atomic E-state index is 14.3. The molecule has 1 fully saturated rings. The summed E-state index contributed by atoms with van der Waals surface area (Å²) in [5.41, 5.74) is 3.71. The molecule has 136 valence electrons. The Morgan fingerprint density at radius 2 is 2.08 bits per heavy atom. The van der Waals surface area contributed by atoms with Crippen molar-refractivity contribution in [2.45, 2.75) is 58.7 Å². The molecule has 0 spiro atoms. The van der Waals surface area contributed by atoms with E-state index in [1.54, 1.807) is 10.7 Å². The first-order chi connectivity index (χ1) is 12.1. The second-order valence-corrected chi connectivity index (χ2v) is 6.62. The third-order valence-corrected chi connectivity index (χ3v) is 4.84. The molecule has 3 rings (SSSR count). The fourth-order valence-electron chi connectivity index (χ4n) is 3.38. The lowest BCUT2D eigenvalue weighted by Gasteiger charge is -2.15. The number of nitrogens with zero attached hydrogens (tertiary/aromatic N) is 2. The van der Waals surface area contributed by atoms with E-state index in [9.17, 15) is 4.39 Å². The largest absolute Gasteiger partial charge is 0.487 e. The normalized spacial score (nSPS) is 14.9. The summed E-state index contributed by atoms with van der Waals surface area (Å²) in [6.45, 7) is 5.02. The molecule has 25 heavy (non-hydrogen) atoms. The van der Waals surface area contributed by atoms with Gasteiger partial charge in [-0.25, -0.2) is 4.39 Å². The summed E-state index contributed by atoms with van der Waals surface area (Å²) in [4.78, 5) is 0. The van der Waals surface area contributed by atoms with Gasteiger partial charge in [0.15, 0.2) is 11.6 Å². The van der Waals surface area contributed by atoms with Crippen molar-refractivity contribution in [3.05, 3.63) is 41.0 Å². The van der Waals surface area contributed by atoms with Crippen molar-refractivity contribution < 1.29 is 14.2 Å². The highest BCUT2D eigenvalue weighted by Crippen LogP contribution is 2.28. The van der Waals surface area contributed by atoms with Crippen molar-refractivity contribution in [1.29, 1.82) is 0 Å². The van der Waals surface area contributed by atoms with Crippen molar-refractivity contribution in [3.63, 3.8) is 0 Å². The Bertz CT molecular complexity index is 724. The number of hydrogen-bond donors (Lipinski definition) is 2. The summed E-state index contributed by atoms with van der Waals surface area (Å²) in [6, 6.07) is 5.02. The molecule has 0 amide bonds. The average Bonchev–Trinajstić information content (AvgIpc) is 3.18. The summed E-state index contributed by atoms with van der Waals surface area (Å²) < 4.78 is 21.8. The van der Waals surface area contributed by atoms with Gasteiger partial charge >= 0.3 is 0 Å². The van der Waals surface area contributed by atoms with Gasteiger partial charge in [0.25, 0.3) is 0 Å². The SMILES string of the molecule is Cc1nn(CCO)c(C)c1CNc1ccc(OC2CCCC2)c(F)c1. The Hall–Kier alpha value is -2.08. The van der Waals surface area contributed by atoms with Crippen LogP contribution in [0.5, 0.6) is 5.75 Å². The summed E-state index contributed by atoms with van der Waals surface area (Å²) in [6.07, 6.45) is 4.49. The maximum Gasteiger partial charge on any atom is 0.167 e. The summed E-state index contributed by atoms with van der Waals surface area (Å²) in [5.74, 6) is 0.00176. The standard InChI is InChI=1S/C19H26FN3O2/c1-13-17(14(2)23(22-13)9-10-24)12-21-15-7-8-19(18(20)11-15)25-16-5-3-4-6-16/h7-8,11,16,21,24H,3-6,9-10,12H2,1-2H3. The molecule has 6 heteroatoms. The molecule has 2 N–H and O–H groups in total. The zero-order valence-electron chi connectivity index (χ0n) is 14.9. The Balaban J connectivity index is 1.64. The molecule has 0 atom stereocenters. The van der Waals surface area contributed by atoms with E-state index in [0.29, 0.717) is 24.5 Å². The molecule has 0 radical (unpaired) electrons. The molecule has 1 heterocycles. The number of hydrogen-bond acceptors (Lipinski definition) is 4. The van der Waals surface area contributed by atoms with Crippen LogP contribution >= 0.6 is 0 Å². The van der Waals surface area contributed by atoms with E-state index in [4.69, 9.17) is 9.84 Å². The van der Waals surface area contributed by atoms with Gasteiger partial charge in [0, 0.05) is 29.6 Å². The molecular formula is C19H26FN3O2. The molecule has 2 aromatic rings. The Kier molecular flexibility index (Phi) is 5.58. The molecule has 0 bridgehead atoms. The lowest BCUT2D eigenvalue weighted by atomic mass is 10.2. The van der Waals surface area contributed by atoms with E-state index < -0.39 is 0 Å². The first-order valence-electron chi connectivity index (χ1n) is 8.92. The minimum Gasteiger partial charge on any atom is -0.487 e. The zero-order valence-corrected chi connectivity index (χ0v) is 14.9. The predicted molar refractivity (Wildman–Crippen MR) is 95.4 cm³/mol. The quantitative estimate of drug-likeness (QED) is 0.804. The Labute approximate surface area is 147 Å². The van der Waals surface area contributed by atoms with Gasteiger partial charge in [-0.1, -0.05) is 0 Å². The highest BCUT2D eigenvalue weighted by molar-refractivity contribution is 5.48. The van der Waals surface area contributed by atoms with Crippen LogP contribution in [0.3, 0.4) is 0 Å². The fourth-order valence-corrected chi connectivity index (χ4v) is 3.38. The summed E-state index contributed by atoms with van der Waals surface area (Å²) >= 11 is 0. The van der Waals surface area contributed by atoms with E-state index in [2.05, 4.69) is 10.4 Å². The third-order valence-electron chi connectivity index (χ3n) is 4.84. The number of aryl methyl sites for hydroxylation is 1. The zero-order chi connectivity index (χ0) is 17.8. The van der Waals surface area contributed by atoms with E-state index in [0.717, 1.165) is 42.6 Å². The van der Waals surface area contributed by atoms with Crippen molar-refractivity contribution in [2.24, 2.45) is 0 Å². The number of aliphatic hydroxyl groups is 1. The van der Waals surface area contributed by atoms with Crippen LogP contribution in [0.1, 0.15) is 42.6 Å². The summed E-state index contributed by atoms with van der Waals surface area (Å²) in [7, 11) is 0. The number of benzene rings is 1. The molecule has 0 unspecified atom stereocenters. The van der Waals surface area contributed by atoms with Crippen LogP contribution < -0.4 is 10.1 Å². The maximum atomic E-state index is 14.3. The van der Waals surface area contributed by atoms with Gasteiger partial charge in [-0.2, -0.15) is 5.10 Å². The number of aromatic nitrogens is 2. The van der Waals surface area contributed by atoms with Crippen LogP contribution in [0.25, 0.3) is 0 Å². The molecule has 1 saturated carbocycles. The second-order valence-electron chi connectivity index (χ2n) is 6.62. The van der Waals surface area contributed by atoms with E-state index >= 15 is 0 Å². The number of ether oxygens (including phenoxy) is 1. The van der Waals surface area contributed by atoms with E-state index in [-0.39, 0.29) is 18.5 Å². The Morgan fingerprint density at radius 3 is 2.76 bits per heavy atom. The molecule has 0 aliphatic heterocycles. The highest BCUT2D eigenvalue weighted by atomic mass is 19.1. The first kappa shape index (κ1) is 17.7. The minimum absolute atomic E-state index is 0.0580. The number of anilines is 1. The van der Waals surface area contributed by atoms with Crippen LogP contribution in [0, 0.1) is 19.7 Å². The Morgan fingerprint density at radius 1 is 1.32 bits per heavy atom. The number of halogens is 1. The van der Waals surface area contributed by atoms with Gasteiger partial charge in [-0.3, -0.25) is 4.68 Å². The smallest absolute Gasteiger partial charge is 0.167 e. The highest BCUT2D eigenvalue weighted by Gasteiger charge is 2.18. The molecule has 5 nitrogen and oxygen atoms in total. The minimum atomic E-state index is -0.332. The second kappa shape index (κ2) is 7.87. The van der Waals surface area contributed by atoms with Gasteiger partial charge in [0.2, 0.25) is 0 Å². The van der Waals surface area contributed by atoms with Gasteiger partial charge in [0.1, 0.15) is 0 Å². The van der Waals surface area contributed by atoms with Crippen LogP contribution in [0.4, 0.5) is 10.1 Å². The first-order valence-corrected chi connectivity index (χ1v) is 8.92. The molecule has 1 aliphatic carbocycles. The molecule has 1 aromatic heterocycles. The van der Waals surface area contributed by atoms with Crippen molar-refractivity contribution in [1.82, 2.24) is 9.78 Å². The van der Waals surface area contributed by atoms with E-state index in [1.165, 1.54) is 6.07 Å². The molecule has 1 aliphatic rings. The van der Waals surface area contributed by atoms with Gasteiger partial charge in [-0.05, 0) is 51.7 Å². The van der Waals surface area contributed by atoms with Gasteiger partial charge in [0.05, 0.1) is 24.9 Å². The lowest BCUT2D eigenvalue weighted by Crippen LogP contribution is -2.12. The van der Waals surface area contributed by atoms with Crippen molar-refractivity contribution in [2.75, 3.05) is 11.9 Å². The van der Waals surface area contributed by atoms with Crippen LogP contribution in [0.2, 0.25) is 0 Å². The fraction of sp³-hybridized carbons (Fsp3) is 0.526. The topological polar surface area (TPSA) is 59.3 Å². The van der Waals surface area contributed by atoms with Gasteiger partial charge in [-0.15, -0.1) is 0 Å². The van der Waals surface area contributed by atoms with Gasteiger partial charge < -0.3 is 15.2 Å². The lowest BCUT2D eigenvalue weighted by molar-refractivity contribution is 0.201. The van der Waals surface area contributed by atoms with Crippen LogP contribution in [-0.2, 0) is 13.1 Å². The molecule has 1 aromatic carbocycles. The van der Waals surface area contributed by atoms with Crippen molar-refractivity contribution >= 4 is 5.69 Å². The number of nitrogens with one attached hydrogen (secondary N) is 1.